The molecule has 3 atom stereocenters. The van der Waals surface area contributed by atoms with Crippen molar-refractivity contribution in [1.82, 2.24) is 5.32 Å². The van der Waals surface area contributed by atoms with Gasteiger partial charge in [0.05, 0.1) is 0 Å². The first-order valence-electron chi connectivity index (χ1n) is 6.52. The molecule has 0 spiro atoms. The molecule has 0 bridgehead atoms. The van der Waals surface area contributed by atoms with E-state index in [9.17, 15) is 0 Å². The fourth-order valence-electron chi connectivity index (χ4n) is 2.86. The lowest BCUT2D eigenvalue weighted by atomic mass is 9.91. The molecule has 0 aliphatic heterocycles. The maximum atomic E-state index is 5.08. The van der Waals surface area contributed by atoms with E-state index >= 15 is 0 Å². The zero-order valence-electron chi connectivity index (χ0n) is 10.6. The predicted octanol–water partition coefficient (Wildman–Crippen LogP) is 2.83. The van der Waals surface area contributed by atoms with Crippen LogP contribution in [0.1, 0.15) is 46.0 Å². The van der Waals surface area contributed by atoms with Crippen LogP contribution in [0.3, 0.4) is 0 Å². The minimum Gasteiger partial charge on any atom is -0.385 e. The Morgan fingerprint density at radius 2 is 2.07 bits per heavy atom. The highest BCUT2D eigenvalue weighted by Crippen LogP contribution is 2.35. The summed E-state index contributed by atoms with van der Waals surface area (Å²) in [5, 5.41) is 3.60. The van der Waals surface area contributed by atoms with Crippen molar-refractivity contribution in [2.24, 2.45) is 11.8 Å². The lowest BCUT2D eigenvalue weighted by Crippen LogP contribution is -2.32. The van der Waals surface area contributed by atoms with Gasteiger partial charge in [0, 0.05) is 19.8 Å². The largest absolute Gasteiger partial charge is 0.385 e. The van der Waals surface area contributed by atoms with E-state index in [1.807, 2.05) is 0 Å². The van der Waals surface area contributed by atoms with Crippen LogP contribution in [0.2, 0.25) is 0 Å². The smallest absolute Gasteiger partial charge is 0.0462 e. The van der Waals surface area contributed by atoms with Crippen LogP contribution in [0, 0.1) is 11.8 Å². The van der Waals surface area contributed by atoms with Gasteiger partial charge in [0.25, 0.3) is 0 Å². The molecular weight excluding hydrogens is 186 g/mol. The summed E-state index contributed by atoms with van der Waals surface area (Å²) < 4.78 is 5.08. The van der Waals surface area contributed by atoms with Crippen molar-refractivity contribution >= 4 is 0 Å². The molecule has 1 saturated carbocycles. The molecule has 1 rings (SSSR count). The summed E-state index contributed by atoms with van der Waals surface area (Å²) >= 11 is 0. The Bertz CT molecular complexity index is 161. The summed E-state index contributed by atoms with van der Waals surface area (Å²) in [6.45, 7) is 6.67. The number of hydrogen-bond donors (Lipinski definition) is 1. The van der Waals surface area contributed by atoms with E-state index in [0.29, 0.717) is 0 Å². The monoisotopic (exact) mass is 213 g/mol. The molecular formula is C13H27NO. The lowest BCUT2D eigenvalue weighted by Gasteiger charge is -2.21. The number of hydrogen-bond acceptors (Lipinski definition) is 2. The molecule has 2 heteroatoms. The van der Waals surface area contributed by atoms with Crippen molar-refractivity contribution in [3.05, 3.63) is 0 Å². The Hall–Kier alpha value is -0.0800. The molecule has 0 aromatic carbocycles. The predicted molar refractivity (Wildman–Crippen MR) is 65.1 cm³/mol. The van der Waals surface area contributed by atoms with E-state index < -0.39 is 0 Å². The Morgan fingerprint density at radius 3 is 2.73 bits per heavy atom. The second-order valence-corrected chi connectivity index (χ2v) is 4.85. The second-order valence-electron chi connectivity index (χ2n) is 4.85. The third kappa shape index (κ3) is 4.12. The first-order chi connectivity index (χ1) is 7.29. The minimum atomic E-state index is 0.780. The molecule has 0 aromatic heterocycles. The third-order valence-electron chi connectivity index (χ3n) is 3.87. The number of rotatable bonds is 7. The van der Waals surface area contributed by atoms with Crippen molar-refractivity contribution in [1.29, 1.82) is 0 Å². The average molecular weight is 213 g/mol. The van der Waals surface area contributed by atoms with Crippen molar-refractivity contribution < 1.29 is 4.74 Å². The fraction of sp³-hybridized carbons (Fsp3) is 1.00. The van der Waals surface area contributed by atoms with Gasteiger partial charge in [-0.2, -0.15) is 0 Å². The average Bonchev–Trinajstić information content (AvgIpc) is 2.57. The maximum absolute atomic E-state index is 5.08. The van der Waals surface area contributed by atoms with Crippen molar-refractivity contribution in [3.63, 3.8) is 0 Å². The van der Waals surface area contributed by atoms with E-state index in [1.165, 1.54) is 32.1 Å². The van der Waals surface area contributed by atoms with E-state index in [0.717, 1.165) is 31.0 Å². The van der Waals surface area contributed by atoms with Crippen LogP contribution in [-0.2, 0) is 4.74 Å². The Labute approximate surface area is 94.8 Å². The molecule has 2 nitrogen and oxygen atoms in total. The van der Waals surface area contributed by atoms with Gasteiger partial charge in [-0.15, -0.1) is 0 Å². The molecule has 0 amide bonds. The van der Waals surface area contributed by atoms with Crippen molar-refractivity contribution in [3.8, 4) is 0 Å². The van der Waals surface area contributed by atoms with Gasteiger partial charge in [-0.05, 0) is 37.6 Å². The van der Waals surface area contributed by atoms with Crippen molar-refractivity contribution in [2.75, 3.05) is 20.3 Å². The number of unbranched alkanes of at least 4 members (excludes halogenated alkanes) is 1. The standard InChI is InChI=1S/C13H27NO/c1-4-14-13-9-8-12(11(13)2)7-5-6-10-15-3/h11-14H,4-10H2,1-3H3. The zero-order valence-corrected chi connectivity index (χ0v) is 10.6. The summed E-state index contributed by atoms with van der Waals surface area (Å²) in [5.74, 6) is 1.82. The van der Waals surface area contributed by atoms with Gasteiger partial charge >= 0.3 is 0 Å². The van der Waals surface area contributed by atoms with Gasteiger partial charge in [-0.25, -0.2) is 0 Å². The summed E-state index contributed by atoms with van der Waals surface area (Å²) in [7, 11) is 1.79. The van der Waals surface area contributed by atoms with Gasteiger partial charge < -0.3 is 10.1 Å². The van der Waals surface area contributed by atoms with Gasteiger partial charge in [0.1, 0.15) is 0 Å². The number of methoxy groups -OCH3 is 1. The summed E-state index contributed by atoms with van der Waals surface area (Å²) in [6, 6.07) is 0.780. The highest BCUT2D eigenvalue weighted by atomic mass is 16.5. The molecule has 90 valence electrons. The number of ether oxygens (including phenoxy) is 1. The van der Waals surface area contributed by atoms with Gasteiger partial charge in [0.2, 0.25) is 0 Å². The third-order valence-corrected chi connectivity index (χ3v) is 3.87. The van der Waals surface area contributed by atoms with Crippen molar-refractivity contribution in [2.45, 2.75) is 52.0 Å². The Balaban J connectivity index is 2.15. The van der Waals surface area contributed by atoms with Crippen LogP contribution >= 0.6 is 0 Å². The molecule has 1 aliphatic carbocycles. The maximum Gasteiger partial charge on any atom is 0.0462 e. The van der Waals surface area contributed by atoms with Crippen LogP contribution in [0.4, 0.5) is 0 Å². The number of nitrogens with one attached hydrogen (secondary N) is 1. The zero-order chi connectivity index (χ0) is 11.1. The minimum absolute atomic E-state index is 0.780. The van der Waals surface area contributed by atoms with Crippen LogP contribution in [0.15, 0.2) is 0 Å². The first-order valence-corrected chi connectivity index (χ1v) is 6.52. The van der Waals surface area contributed by atoms with E-state index in [-0.39, 0.29) is 0 Å². The van der Waals surface area contributed by atoms with E-state index in [2.05, 4.69) is 19.2 Å². The highest BCUT2D eigenvalue weighted by Gasteiger charge is 2.31. The second kappa shape index (κ2) is 7.24. The molecule has 1 aliphatic rings. The van der Waals surface area contributed by atoms with Crippen LogP contribution in [0.25, 0.3) is 0 Å². The van der Waals surface area contributed by atoms with Crippen LogP contribution in [-0.4, -0.2) is 26.3 Å². The molecule has 1 N–H and O–H groups in total. The lowest BCUT2D eigenvalue weighted by molar-refractivity contribution is 0.188. The normalized spacial score (nSPS) is 31.0. The van der Waals surface area contributed by atoms with Crippen LogP contribution in [0.5, 0.6) is 0 Å². The summed E-state index contributed by atoms with van der Waals surface area (Å²) in [6.07, 6.45) is 6.76. The molecule has 0 aromatic rings. The van der Waals surface area contributed by atoms with Gasteiger partial charge in [-0.1, -0.05) is 26.7 Å². The fourth-order valence-corrected chi connectivity index (χ4v) is 2.86. The van der Waals surface area contributed by atoms with Crippen LogP contribution < -0.4 is 5.32 Å². The molecule has 0 saturated heterocycles. The summed E-state index contributed by atoms with van der Waals surface area (Å²) in [5.41, 5.74) is 0. The Morgan fingerprint density at radius 1 is 1.27 bits per heavy atom. The van der Waals surface area contributed by atoms with Gasteiger partial charge in [0.15, 0.2) is 0 Å². The molecule has 0 radical (unpaired) electrons. The summed E-state index contributed by atoms with van der Waals surface area (Å²) in [4.78, 5) is 0. The quantitative estimate of drug-likeness (QED) is 0.657. The molecule has 0 heterocycles. The van der Waals surface area contributed by atoms with E-state index in [1.54, 1.807) is 7.11 Å². The topological polar surface area (TPSA) is 21.3 Å². The first kappa shape index (κ1) is 13.0. The van der Waals surface area contributed by atoms with E-state index in [4.69, 9.17) is 4.74 Å². The highest BCUT2D eigenvalue weighted by molar-refractivity contribution is 4.86. The molecule has 15 heavy (non-hydrogen) atoms. The Kier molecular flexibility index (Phi) is 6.26. The molecule has 3 unspecified atom stereocenters. The SMILES string of the molecule is CCNC1CCC(CCCCOC)C1C. The molecule has 1 fully saturated rings. The van der Waals surface area contributed by atoms with Gasteiger partial charge in [-0.3, -0.25) is 0 Å².